The molecule has 3 N–H and O–H groups in total. The van der Waals surface area contributed by atoms with Crippen molar-refractivity contribution in [2.45, 2.75) is 19.9 Å². The third-order valence-electron chi connectivity index (χ3n) is 2.47. The van der Waals surface area contributed by atoms with Gasteiger partial charge >= 0.3 is 0 Å². The molecule has 1 atom stereocenters. The van der Waals surface area contributed by atoms with Crippen molar-refractivity contribution in [3.05, 3.63) is 0 Å². The van der Waals surface area contributed by atoms with Gasteiger partial charge in [-0.25, -0.2) is 0 Å². The van der Waals surface area contributed by atoms with Gasteiger partial charge in [0.15, 0.2) is 0 Å². The van der Waals surface area contributed by atoms with E-state index in [9.17, 15) is 9.59 Å². The molecule has 0 aromatic carbocycles. The van der Waals surface area contributed by atoms with Crippen LogP contribution in [0.2, 0.25) is 0 Å². The van der Waals surface area contributed by atoms with Crippen molar-refractivity contribution in [2.75, 3.05) is 20.1 Å². The Morgan fingerprint density at radius 2 is 2.29 bits per heavy atom. The summed E-state index contributed by atoms with van der Waals surface area (Å²) in [5.41, 5.74) is 4.90. The van der Waals surface area contributed by atoms with E-state index in [-0.39, 0.29) is 17.9 Å². The number of amides is 2. The molecule has 0 radical (unpaired) electrons. The number of hydrogen-bond acceptors (Lipinski definition) is 3. The molecule has 1 rings (SSSR count). The first-order valence-corrected chi connectivity index (χ1v) is 4.65. The van der Waals surface area contributed by atoms with Gasteiger partial charge in [0.25, 0.3) is 0 Å². The second-order valence-electron chi connectivity index (χ2n) is 4.29. The van der Waals surface area contributed by atoms with Gasteiger partial charge in [0, 0.05) is 20.1 Å². The summed E-state index contributed by atoms with van der Waals surface area (Å²) in [6.07, 6.45) is 0. The molecule has 5 nitrogen and oxygen atoms in total. The average Bonchev–Trinajstić information content (AvgIpc) is 2.15. The second kappa shape index (κ2) is 3.57. The van der Waals surface area contributed by atoms with Crippen molar-refractivity contribution in [1.82, 2.24) is 10.2 Å². The van der Waals surface area contributed by atoms with E-state index >= 15 is 0 Å². The predicted molar refractivity (Wildman–Crippen MR) is 52.4 cm³/mol. The molecule has 0 aromatic heterocycles. The summed E-state index contributed by atoms with van der Waals surface area (Å²) in [4.78, 5) is 24.2. The van der Waals surface area contributed by atoms with Crippen LogP contribution in [0.1, 0.15) is 13.8 Å². The number of likely N-dealkylation sites (tertiary alicyclic amines) is 1. The molecule has 0 aromatic rings. The van der Waals surface area contributed by atoms with Crippen LogP contribution >= 0.6 is 0 Å². The minimum Gasteiger partial charge on any atom is -0.359 e. The molecule has 0 spiro atoms. The Kier molecular flexibility index (Phi) is 2.80. The number of carbonyl (C=O) groups excluding carboxylic acids is 2. The van der Waals surface area contributed by atoms with Crippen molar-refractivity contribution in [3.63, 3.8) is 0 Å². The van der Waals surface area contributed by atoms with Crippen LogP contribution in [0.5, 0.6) is 0 Å². The van der Waals surface area contributed by atoms with Crippen molar-refractivity contribution in [2.24, 2.45) is 11.1 Å². The van der Waals surface area contributed by atoms with Crippen LogP contribution in [-0.4, -0.2) is 42.9 Å². The first-order valence-electron chi connectivity index (χ1n) is 4.65. The molecule has 0 saturated carbocycles. The lowest BCUT2D eigenvalue weighted by Gasteiger charge is -2.40. The molecule has 1 fully saturated rings. The molecule has 1 aliphatic rings. The van der Waals surface area contributed by atoms with E-state index in [0.717, 1.165) is 0 Å². The van der Waals surface area contributed by atoms with Crippen LogP contribution in [-0.2, 0) is 9.59 Å². The van der Waals surface area contributed by atoms with Crippen LogP contribution in [0.15, 0.2) is 0 Å². The second-order valence-corrected chi connectivity index (χ2v) is 4.29. The molecule has 1 aliphatic heterocycles. The highest BCUT2D eigenvalue weighted by molar-refractivity contribution is 5.89. The van der Waals surface area contributed by atoms with E-state index in [1.807, 2.05) is 13.8 Å². The Morgan fingerprint density at radius 1 is 1.71 bits per heavy atom. The zero-order chi connectivity index (χ0) is 10.9. The fourth-order valence-electron chi connectivity index (χ4n) is 1.56. The molecule has 2 amide bonds. The summed E-state index contributed by atoms with van der Waals surface area (Å²) in [5, 5.41) is 2.58. The van der Waals surface area contributed by atoms with Gasteiger partial charge in [0.2, 0.25) is 11.8 Å². The smallest absolute Gasteiger partial charge is 0.241 e. The lowest BCUT2D eigenvalue weighted by Crippen LogP contribution is -2.63. The van der Waals surface area contributed by atoms with Crippen molar-refractivity contribution in [3.8, 4) is 0 Å². The number of rotatable bonds is 3. The van der Waals surface area contributed by atoms with Crippen LogP contribution in [0, 0.1) is 5.41 Å². The molecule has 1 saturated heterocycles. The van der Waals surface area contributed by atoms with Gasteiger partial charge in [0.05, 0.1) is 5.41 Å². The third kappa shape index (κ3) is 1.87. The Balaban J connectivity index is 2.52. The number of hydrogen-bond donors (Lipinski definition) is 2. The van der Waals surface area contributed by atoms with E-state index in [0.29, 0.717) is 13.1 Å². The molecule has 1 heterocycles. The zero-order valence-corrected chi connectivity index (χ0v) is 8.83. The molecule has 1 unspecified atom stereocenters. The Morgan fingerprint density at radius 3 is 2.64 bits per heavy atom. The highest BCUT2D eigenvalue weighted by atomic mass is 16.2. The van der Waals surface area contributed by atoms with Gasteiger partial charge in [-0.3, -0.25) is 9.59 Å². The molecule has 5 heteroatoms. The number of nitrogens with two attached hydrogens (primary N) is 1. The number of β-lactam (4-membered cyclic amide) rings is 1. The zero-order valence-electron chi connectivity index (χ0n) is 8.83. The Bertz CT molecular complexity index is 263. The number of carbonyl (C=O) groups is 2. The quantitative estimate of drug-likeness (QED) is 0.568. The predicted octanol–water partition coefficient (Wildman–Crippen LogP) is -1.07. The summed E-state index contributed by atoms with van der Waals surface area (Å²) in [6.45, 7) is 4.60. The molecule has 0 bridgehead atoms. The van der Waals surface area contributed by atoms with E-state index < -0.39 is 5.41 Å². The molecular formula is C9H17N3O2. The maximum Gasteiger partial charge on any atom is 0.241 e. The topological polar surface area (TPSA) is 75.4 Å². The fourth-order valence-corrected chi connectivity index (χ4v) is 1.56. The maximum atomic E-state index is 11.4. The first kappa shape index (κ1) is 11.0. The maximum absolute atomic E-state index is 11.4. The first-order chi connectivity index (χ1) is 6.38. The SMILES string of the molecule is CNC(=O)C(C)(C)CN1CC(N)C1=O. The molecule has 0 aliphatic carbocycles. The summed E-state index contributed by atoms with van der Waals surface area (Å²) < 4.78 is 0. The third-order valence-corrected chi connectivity index (χ3v) is 2.47. The normalized spacial score (nSPS) is 21.9. The molecule has 80 valence electrons. The Hall–Kier alpha value is -1.10. The molecular weight excluding hydrogens is 182 g/mol. The van der Waals surface area contributed by atoms with Crippen molar-refractivity contribution in [1.29, 1.82) is 0 Å². The van der Waals surface area contributed by atoms with E-state index in [4.69, 9.17) is 5.73 Å². The monoisotopic (exact) mass is 199 g/mol. The van der Waals surface area contributed by atoms with Gasteiger partial charge in [-0.1, -0.05) is 0 Å². The van der Waals surface area contributed by atoms with Crippen LogP contribution < -0.4 is 11.1 Å². The minimum absolute atomic E-state index is 0.0641. The fraction of sp³-hybridized carbons (Fsp3) is 0.778. The number of nitrogens with zero attached hydrogens (tertiary/aromatic N) is 1. The van der Waals surface area contributed by atoms with Gasteiger partial charge < -0.3 is 16.0 Å². The summed E-state index contributed by atoms with van der Waals surface area (Å²) >= 11 is 0. The van der Waals surface area contributed by atoms with Crippen LogP contribution in [0.4, 0.5) is 0 Å². The standard InChI is InChI=1S/C9H17N3O2/c1-9(2,8(14)11-3)5-12-4-6(10)7(12)13/h6H,4-5,10H2,1-3H3,(H,11,14). The highest BCUT2D eigenvalue weighted by Gasteiger charge is 2.39. The summed E-state index contributed by atoms with van der Waals surface area (Å²) in [6, 6.07) is -0.365. The summed E-state index contributed by atoms with van der Waals surface area (Å²) in [7, 11) is 1.59. The minimum atomic E-state index is -0.551. The largest absolute Gasteiger partial charge is 0.359 e. The summed E-state index contributed by atoms with van der Waals surface area (Å²) in [5.74, 6) is -0.132. The molecule has 14 heavy (non-hydrogen) atoms. The highest BCUT2D eigenvalue weighted by Crippen LogP contribution is 2.20. The van der Waals surface area contributed by atoms with Crippen LogP contribution in [0.3, 0.4) is 0 Å². The Labute approximate surface area is 83.6 Å². The number of nitrogens with one attached hydrogen (secondary N) is 1. The lowest BCUT2D eigenvalue weighted by atomic mass is 9.89. The van der Waals surface area contributed by atoms with E-state index in [2.05, 4.69) is 5.32 Å². The van der Waals surface area contributed by atoms with Crippen molar-refractivity contribution >= 4 is 11.8 Å². The van der Waals surface area contributed by atoms with Crippen molar-refractivity contribution < 1.29 is 9.59 Å². The van der Waals surface area contributed by atoms with Crippen LogP contribution in [0.25, 0.3) is 0 Å². The van der Waals surface area contributed by atoms with Gasteiger partial charge in [-0.15, -0.1) is 0 Å². The van der Waals surface area contributed by atoms with Gasteiger partial charge in [-0.05, 0) is 13.8 Å². The van der Waals surface area contributed by atoms with E-state index in [1.54, 1.807) is 11.9 Å². The van der Waals surface area contributed by atoms with Gasteiger partial charge in [-0.2, -0.15) is 0 Å². The lowest BCUT2D eigenvalue weighted by molar-refractivity contribution is -0.146. The van der Waals surface area contributed by atoms with Gasteiger partial charge in [0.1, 0.15) is 6.04 Å². The van der Waals surface area contributed by atoms with E-state index in [1.165, 1.54) is 0 Å². The average molecular weight is 199 g/mol.